The van der Waals surface area contributed by atoms with E-state index >= 15 is 0 Å². The third kappa shape index (κ3) is 4.09. The lowest BCUT2D eigenvalue weighted by Gasteiger charge is -2.37. The number of amides is 2. The fourth-order valence-electron chi connectivity index (χ4n) is 4.62. The third-order valence-corrected chi connectivity index (χ3v) is 7.56. The van der Waals surface area contributed by atoms with Crippen molar-refractivity contribution < 1.29 is 9.59 Å². The van der Waals surface area contributed by atoms with Crippen molar-refractivity contribution in [1.29, 1.82) is 0 Å². The van der Waals surface area contributed by atoms with Crippen LogP contribution in [0.1, 0.15) is 57.7 Å². The Morgan fingerprint density at radius 2 is 1.78 bits per heavy atom. The average molecular weight is 445 g/mol. The van der Waals surface area contributed by atoms with Gasteiger partial charge in [0.1, 0.15) is 6.54 Å². The lowest BCUT2D eigenvalue weighted by molar-refractivity contribution is -0.134. The molecule has 5 rings (SSSR count). The van der Waals surface area contributed by atoms with Crippen LogP contribution < -0.4 is 0 Å². The molecule has 0 N–H and O–H groups in total. The number of carbonyl (C=O) groups excluding carboxylic acids is 2. The highest BCUT2D eigenvalue weighted by Gasteiger charge is 2.38. The maximum Gasteiger partial charge on any atom is 0.254 e. The third-order valence-electron chi connectivity index (χ3n) is 6.56. The number of hydrogen-bond acceptors (Lipinski definition) is 3. The number of carbonyl (C=O) groups is 2. The Balaban J connectivity index is 1.40. The van der Waals surface area contributed by atoms with Crippen molar-refractivity contribution in [1.82, 2.24) is 9.80 Å². The summed E-state index contributed by atoms with van der Waals surface area (Å²) in [6.07, 6.45) is 3.77. The van der Waals surface area contributed by atoms with Gasteiger partial charge >= 0.3 is 0 Å². The molecule has 2 aliphatic rings. The highest BCUT2D eigenvalue weighted by Crippen LogP contribution is 2.38. The minimum absolute atomic E-state index is 0.0288. The van der Waals surface area contributed by atoms with Gasteiger partial charge in [-0.3, -0.25) is 9.59 Å². The van der Waals surface area contributed by atoms with Crippen molar-refractivity contribution in [2.24, 2.45) is 0 Å². The number of fused-ring (bicyclic) bond motifs is 1. The zero-order chi connectivity index (χ0) is 22.1. The Morgan fingerprint density at radius 1 is 1.03 bits per heavy atom. The molecule has 0 radical (unpaired) electrons. The summed E-state index contributed by atoms with van der Waals surface area (Å²) in [4.78, 5) is 32.1. The smallest absolute Gasteiger partial charge is 0.254 e. The van der Waals surface area contributed by atoms with Crippen molar-refractivity contribution in [3.63, 3.8) is 0 Å². The van der Waals surface area contributed by atoms with Gasteiger partial charge < -0.3 is 9.80 Å². The molecule has 1 atom stereocenters. The van der Waals surface area contributed by atoms with E-state index in [-0.39, 0.29) is 30.4 Å². The molecule has 1 aromatic heterocycles. The fourth-order valence-corrected chi connectivity index (χ4v) is 5.52. The predicted molar refractivity (Wildman–Crippen MR) is 128 cm³/mol. The molecule has 1 aliphatic heterocycles. The molecule has 0 spiro atoms. The zero-order valence-corrected chi connectivity index (χ0v) is 19.2. The van der Waals surface area contributed by atoms with Gasteiger partial charge in [0.15, 0.2) is 0 Å². The maximum absolute atomic E-state index is 13.6. The Hall–Kier alpha value is -2.92. The molecule has 2 heterocycles. The topological polar surface area (TPSA) is 40.6 Å². The molecule has 3 aromatic rings. The minimum atomic E-state index is -0.0845. The van der Waals surface area contributed by atoms with E-state index in [0.717, 1.165) is 31.2 Å². The molecule has 5 heteroatoms. The van der Waals surface area contributed by atoms with Crippen LogP contribution in [0.2, 0.25) is 0 Å². The lowest BCUT2D eigenvalue weighted by Crippen LogP contribution is -2.47. The summed E-state index contributed by atoms with van der Waals surface area (Å²) in [6, 6.07) is 20.3. The number of nitrogens with zero attached hydrogens (tertiary/aromatic N) is 2. The molecule has 164 valence electrons. The largest absolute Gasteiger partial charge is 0.330 e. The SMILES string of the molecule is CCc1ccc(C(=O)N(CC(=O)N2CCc3sccc3[C@@H]2c2ccccc2)C2CC2)cc1. The molecular weight excluding hydrogens is 416 g/mol. The monoisotopic (exact) mass is 444 g/mol. The summed E-state index contributed by atoms with van der Waals surface area (Å²) < 4.78 is 0. The fraction of sp³-hybridized carbons (Fsp3) is 0.333. The molecule has 4 nitrogen and oxygen atoms in total. The van der Waals surface area contributed by atoms with Crippen LogP contribution in [0.25, 0.3) is 0 Å². The van der Waals surface area contributed by atoms with Crippen molar-refractivity contribution in [2.45, 2.75) is 44.7 Å². The summed E-state index contributed by atoms with van der Waals surface area (Å²) >= 11 is 1.77. The summed E-state index contributed by atoms with van der Waals surface area (Å²) in [5.74, 6) is -0.00544. The van der Waals surface area contributed by atoms with Crippen LogP contribution in [0.15, 0.2) is 66.0 Å². The van der Waals surface area contributed by atoms with E-state index in [9.17, 15) is 9.59 Å². The Morgan fingerprint density at radius 3 is 2.47 bits per heavy atom. The molecule has 0 saturated heterocycles. The van der Waals surface area contributed by atoms with Gasteiger partial charge in [0.25, 0.3) is 5.91 Å². The standard InChI is InChI=1S/C27H28N2O2S/c1-2-19-8-10-21(11-9-19)27(31)29(22-12-13-22)18-25(30)28-16-14-24-23(15-17-32-24)26(28)20-6-4-3-5-7-20/h3-11,15,17,22,26H,2,12-14,16,18H2,1H3/t26-/m0/s1. The van der Waals surface area contributed by atoms with E-state index in [0.29, 0.717) is 12.1 Å². The van der Waals surface area contributed by atoms with Gasteiger partial charge in [-0.05, 0) is 66.0 Å². The van der Waals surface area contributed by atoms with E-state index in [4.69, 9.17) is 0 Å². The first-order chi connectivity index (χ1) is 15.7. The summed E-state index contributed by atoms with van der Waals surface area (Å²) in [6.45, 7) is 2.93. The molecule has 0 unspecified atom stereocenters. The Bertz CT molecular complexity index is 1100. The van der Waals surface area contributed by atoms with Gasteiger partial charge in [0.05, 0.1) is 6.04 Å². The molecule has 32 heavy (non-hydrogen) atoms. The van der Waals surface area contributed by atoms with Gasteiger partial charge in [-0.2, -0.15) is 0 Å². The highest BCUT2D eigenvalue weighted by molar-refractivity contribution is 7.10. The van der Waals surface area contributed by atoms with Gasteiger partial charge in [-0.25, -0.2) is 0 Å². The van der Waals surface area contributed by atoms with Crippen LogP contribution in [-0.2, 0) is 17.6 Å². The second-order valence-corrected chi connectivity index (χ2v) is 9.66. The van der Waals surface area contributed by atoms with Crippen LogP contribution >= 0.6 is 11.3 Å². The van der Waals surface area contributed by atoms with Gasteiger partial charge in [-0.15, -0.1) is 11.3 Å². The van der Waals surface area contributed by atoms with Crippen LogP contribution in [-0.4, -0.2) is 40.7 Å². The van der Waals surface area contributed by atoms with E-state index in [2.05, 4.69) is 30.5 Å². The second-order valence-electron chi connectivity index (χ2n) is 8.66. The number of rotatable bonds is 6. The summed E-state index contributed by atoms with van der Waals surface area (Å²) in [7, 11) is 0. The van der Waals surface area contributed by atoms with Crippen LogP contribution in [0.3, 0.4) is 0 Å². The second kappa shape index (κ2) is 8.91. The zero-order valence-electron chi connectivity index (χ0n) is 18.4. The molecular formula is C27H28N2O2S. The number of thiophene rings is 1. The van der Waals surface area contributed by atoms with Gasteiger partial charge in [0.2, 0.25) is 5.91 Å². The number of benzene rings is 2. The van der Waals surface area contributed by atoms with Crippen LogP contribution in [0.5, 0.6) is 0 Å². The van der Waals surface area contributed by atoms with Gasteiger partial charge in [0, 0.05) is 23.0 Å². The summed E-state index contributed by atoms with van der Waals surface area (Å²) in [5, 5.41) is 2.12. The van der Waals surface area contributed by atoms with Crippen molar-refractivity contribution in [3.05, 3.63) is 93.2 Å². The van der Waals surface area contributed by atoms with E-state index in [1.54, 1.807) is 16.2 Å². The number of aryl methyl sites for hydroxylation is 1. The average Bonchev–Trinajstić information content (AvgIpc) is 3.57. The number of hydrogen-bond donors (Lipinski definition) is 0. The van der Waals surface area contributed by atoms with Gasteiger partial charge in [-0.1, -0.05) is 49.4 Å². The first-order valence-corrected chi connectivity index (χ1v) is 12.3. The molecule has 1 saturated carbocycles. The molecule has 1 fully saturated rings. The minimum Gasteiger partial charge on any atom is -0.330 e. The van der Waals surface area contributed by atoms with E-state index < -0.39 is 0 Å². The van der Waals surface area contributed by atoms with Crippen molar-refractivity contribution in [3.8, 4) is 0 Å². The van der Waals surface area contributed by atoms with Crippen LogP contribution in [0.4, 0.5) is 0 Å². The summed E-state index contributed by atoms with van der Waals surface area (Å²) in [5.41, 5.74) is 4.22. The lowest BCUT2D eigenvalue weighted by atomic mass is 9.93. The highest BCUT2D eigenvalue weighted by atomic mass is 32.1. The van der Waals surface area contributed by atoms with E-state index in [1.165, 1.54) is 16.0 Å². The molecule has 1 aliphatic carbocycles. The molecule has 0 bridgehead atoms. The normalized spacial score (nSPS) is 17.7. The van der Waals surface area contributed by atoms with E-state index in [1.807, 2.05) is 47.4 Å². The quantitative estimate of drug-likeness (QED) is 0.531. The maximum atomic E-state index is 13.6. The predicted octanol–water partition coefficient (Wildman–Crippen LogP) is 5.09. The molecule has 2 aromatic carbocycles. The van der Waals surface area contributed by atoms with Crippen molar-refractivity contribution in [2.75, 3.05) is 13.1 Å². The first-order valence-electron chi connectivity index (χ1n) is 11.5. The molecule has 2 amide bonds. The first kappa shape index (κ1) is 21.0. The van der Waals surface area contributed by atoms with Crippen LogP contribution in [0, 0.1) is 0 Å². The Kier molecular flexibility index (Phi) is 5.83. The Labute approximate surface area is 193 Å². The van der Waals surface area contributed by atoms with Crippen molar-refractivity contribution >= 4 is 23.2 Å².